The Hall–Kier alpha value is -3.85. The van der Waals surface area contributed by atoms with E-state index in [2.05, 4.69) is 20.9 Å². The first-order chi connectivity index (χ1) is 17.3. The standard InChI is InChI=1S/C27H23BrN2O6/c1-14-8-17-9-16(5-6-20(17)36-14)24(31)22-23(18-10-19(28)25(32)21(11-18)35-2)30(27(34)26(22)33)13-15-4-3-7-29-12-15/h3-7,9-12,14,23,31-32H,8,13H2,1-2H3/t14-,23-/m0/s1. The van der Waals surface area contributed by atoms with E-state index in [4.69, 9.17) is 9.47 Å². The minimum Gasteiger partial charge on any atom is -0.507 e. The summed E-state index contributed by atoms with van der Waals surface area (Å²) in [6, 6.07) is 11.0. The van der Waals surface area contributed by atoms with Crippen LogP contribution in [0.25, 0.3) is 5.76 Å². The van der Waals surface area contributed by atoms with Crippen LogP contribution in [0, 0.1) is 0 Å². The van der Waals surface area contributed by atoms with E-state index in [1.165, 1.54) is 12.0 Å². The monoisotopic (exact) mass is 550 g/mol. The molecule has 2 atom stereocenters. The van der Waals surface area contributed by atoms with Gasteiger partial charge in [0.1, 0.15) is 17.6 Å². The highest BCUT2D eigenvalue weighted by molar-refractivity contribution is 9.10. The Bertz CT molecular complexity index is 1400. The second-order valence-electron chi connectivity index (χ2n) is 8.80. The molecule has 3 heterocycles. The van der Waals surface area contributed by atoms with Crippen LogP contribution in [0.5, 0.6) is 17.2 Å². The van der Waals surface area contributed by atoms with Gasteiger partial charge < -0.3 is 24.6 Å². The third-order valence-electron chi connectivity index (χ3n) is 6.37. The highest BCUT2D eigenvalue weighted by Gasteiger charge is 2.46. The predicted molar refractivity (Wildman–Crippen MR) is 135 cm³/mol. The molecule has 5 rings (SSSR count). The van der Waals surface area contributed by atoms with Crippen molar-refractivity contribution < 1.29 is 29.3 Å². The zero-order valence-corrected chi connectivity index (χ0v) is 21.2. The average molecular weight is 551 g/mol. The summed E-state index contributed by atoms with van der Waals surface area (Å²) in [5.74, 6) is -1.04. The minimum atomic E-state index is -0.931. The maximum absolute atomic E-state index is 13.4. The number of Topliss-reactive ketones (excluding diaryl/α,β-unsaturated/α-hetero) is 1. The van der Waals surface area contributed by atoms with Gasteiger partial charge >= 0.3 is 0 Å². The van der Waals surface area contributed by atoms with Crippen molar-refractivity contribution in [1.82, 2.24) is 9.88 Å². The topological polar surface area (TPSA) is 109 Å². The van der Waals surface area contributed by atoms with Crippen LogP contribution in [-0.2, 0) is 22.6 Å². The lowest BCUT2D eigenvalue weighted by molar-refractivity contribution is -0.140. The average Bonchev–Trinajstić information content (AvgIpc) is 3.37. The largest absolute Gasteiger partial charge is 0.507 e. The van der Waals surface area contributed by atoms with E-state index in [0.29, 0.717) is 22.0 Å². The number of aromatic nitrogens is 1. The Morgan fingerprint density at radius 3 is 2.78 bits per heavy atom. The van der Waals surface area contributed by atoms with Gasteiger partial charge in [-0.15, -0.1) is 0 Å². The molecule has 2 N–H and O–H groups in total. The molecule has 0 aliphatic carbocycles. The molecule has 2 aliphatic rings. The molecule has 9 heteroatoms. The number of carbonyl (C=O) groups is 2. The number of phenolic OH excluding ortho intramolecular Hbond substituents is 1. The number of ketones is 1. The molecule has 1 aromatic heterocycles. The molecular formula is C27H23BrN2O6. The smallest absolute Gasteiger partial charge is 0.295 e. The number of likely N-dealkylation sites (tertiary alicyclic amines) is 1. The van der Waals surface area contributed by atoms with Crippen molar-refractivity contribution >= 4 is 33.4 Å². The van der Waals surface area contributed by atoms with Crippen LogP contribution in [0.15, 0.2) is 64.9 Å². The van der Waals surface area contributed by atoms with Crippen molar-refractivity contribution in [3.8, 4) is 17.2 Å². The van der Waals surface area contributed by atoms with Crippen LogP contribution in [0.2, 0.25) is 0 Å². The minimum absolute atomic E-state index is 0.0178. The molecule has 1 saturated heterocycles. The summed E-state index contributed by atoms with van der Waals surface area (Å²) in [7, 11) is 1.41. The fraction of sp³-hybridized carbons (Fsp3) is 0.222. The summed E-state index contributed by atoms with van der Waals surface area (Å²) in [6.45, 7) is 2.05. The van der Waals surface area contributed by atoms with Gasteiger partial charge in [-0.1, -0.05) is 6.07 Å². The van der Waals surface area contributed by atoms with E-state index in [9.17, 15) is 19.8 Å². The zero-order chi connectivity index (χ0) is 25.6. The molecule has 2 aromatic carbocycles. The van der Waals surface area contributed by atoms with Gasteiger partial charge in [-0.05, 0) is 75.9 Å². The van der Waals surface area contributed by atoms with E-state index in [1.54, 1.807) is 54.9 Å². The van der Waals surface area contributed by atoms with Crippen LogP contribution in [0.3, 0.4) is 0 Å². The number of phenols is 1. The molecule has 0 bridgehead atoms. The summed E-state index contributed by atoms with van der Waals surface area (Å²) in [5, 5.41) is 21.7. The highest BCUT2D eigenvalue weighted by Crippen LogP contribution is 2.45. The summed E-state index contributed by atoms with van der Waals surface area (Å²) >= 11 is 3.32. The molecule has 184 valence electrons. The third kappa shape index (κ3) is 4.09. The number of pyridine rings is 1. The quantitative estimate of drug-likeness (QED) is 0.273. The number of hydrogen-bond acceptors (Lipinski definition) is 7. The first-order valence-electron chi connectivity index (χ1n) is 11.3. The highest BCUT2D eigenvalue weighted by atomic mass is 79.9. The van der Waals surface area contributed by atoms with Crippen molar-refractivity contribution in [1.29, 1.82) is 0 Å². The normalized spacial score (nSPS) is 20.4. The molecule has 1 fully saturated rings. The van der Waals surface area contributed by atoms with Crippen molar-refractivity contribution in [3.63, 3.8) is 0 Å². The van der Waals surface area contributed by atoms with Gasteiger partial charge in [-0.2, -0.15) is 0 Å². The molecule has 1 amide bonds. The number of halogens is 1. The number of aliphatic hydroxyl groups excluding tert-OH is 1. The van der Waals surface area contributed by atoms with E-state index >= 15 is 0 Å². The molecule has 3 aromatic rings. The van der Waals surface area contributed by atoms with Crippen molar-refractivity contribution in [2.24, 2.45) is 0 Å². The van der Waals surface area contributed by atoms with Gasteiger partial charge in [-0.25, -0.2) is 0 Å². The van der Waals surface area contributed by atoms with E-state index in [1.807, 2.05) is 6.92 Å². The Morgan fingerprint density at radius 2 is 2.06 bits per heavy atom. The molecule has 0 saturated carbocycles. The molecule has 36 heavy (non-hydrogen) atoms. The van der Waals surface area contributed by atoms with Crippen LogP contribution < -0.4 is 9.47 Å². The van der Waals surface area contributed by atoms with Crippen molar-refractivity contribution in [2.45, 2.75) is 32.0 Å². The van der Waals surface area contributed by atoms with E-state index < -0.39 is 17.7 Å². The van der Waals surface area contributed by atoms with Crippen molar-refractivity contribution in [3.05, 3.63) is 87.2 Å². The number of ether oxygens (including phenoxy) is 2. The summed E-state index contributed by atoms with van der Waals surface area (Å²) in [5.41, 5.74) is 2.50. The summed E-state index contributed by atoms with van der Waals surface area (Å²) < 4.78 is 11.4. The molecule has 2 aliphatic heterocycles. The molecule has 0 radical (unpaired) electrons. The predicted octanol–water partition coefficient (Wildman–Crippen LogP) is 4.50. The number of nitrogens with zero attached hydrogens (tertiary/aromatic N) is 2. The fourth-order valence-corrected chi connectivity index (χ4v) is 5.17. The van der Waals surface area contributed by atoms with Gasteiger partial charge in [-0.3, -0.25) is 14.6 Å². The van der Waals surface area contributed by atoms with Gasteiger partial charge in [0, 0.05) is 30.9 Å². The number of hydrogen-bond donors (Lipinski definition) is 2. The number of methoxy groups -OCH3 is 1. The number of fused-ring (bicyclic) bond motifs is 1. The number of amides is 1. The van der Waals surface area contributed by atoms with Gasteiger partial charge in [0.15, 0.2) is 11.5 Å². The number of rotatable bonds is 5. The molecular weight excluding hydrogens is 528 g/mol. The Kier molecular flexibility index (Phi) is 6.17. The molecule has 8 nitrogen and oxygen atoms in total. The van der Waals surface area contributed by atoms with Gasteiger partial charge in [0.05, 0.1) is 23.2 Å². The summed E-state index contributed by atoms with van der Waals surface area (Å²) in [4.78, 5) is 32.1. The van der Waals surface area contributed by atoms with Crippen molar-refractivity contribution in [2.75, 3.05) is 7.11 Å². The van der Waals surface area contributed by atoms with Crippen LogP contribution >= 0.6 is 15.9 Å². The van der Waals surface area contributed by atoms with Crippen LogP contribution in [0.1, 0.15) is 35.2 Å². The van der Waals surface area contributed by atoms with Gasteiger partial charge in [0.2, 0.25) is 0 Å². The summed E-state index contributed by atoms with van der Waals surface area (Å²) in [6.07, 6.45) is 3.93. The van der Waals surface area contributed by atoms with E-state index in [-0.39, 0.29) is 35.5 Å². The second-order valence-corrected chi connectivity index (χ2v) is 9.65. The Balaban J connectivity index is 1.68. The first-order valence-corrected chi connectivity index (χ1v) is 12.1. The molecule has 0 spiro atoms. The lowest BCUT2D eigenvalue weighted by Gasteiger charge is -2.26. The number of benzene rings is 2. The lowest BCUT2D eigenvalue weighted by Crippen LogP contribution is -2.29. The Morgan fingerprint density at radius 1 is 1.25 bits per heavy atom. The fourth-order valence-electron chi connectivity index (χ4n) is 4.71. The number of aromatic hydroxyl groups is 1. The zero-order valence-electron chi connectivity index (χ0n) is 19.6. The Labute approximate surface area is 215 Å². The van der Waals surface area contributed by atoms with E-state index in [0.717, 1.165) is 16.9 Å². The third-order valence-corrected chi connectivity index (χ3v) is 6.98. The number of aliphatic hydroxyl groups is 1. The maximum atomic E-state index is 13.4. The molecule has 0 unspecified atom stereocenters. The first kappa shape index (κ1) is 23.9. The van der Waals surface area contributed by atoms with Crippen LogP contribution in [0.4, 0.5) is 0 Å². The maximum Gasteiger partial charge on any atom is 0.295 e. The SMILES string of the molecule is COc1cc([C@H]2C(=C(O)c3ccc4c(c3)C[C@H](C)O4)C(=O)C(=O)N2Cc2cccnc2)cc(Br)c1O. The van der Waals surface area contributed by atoms with Crippen LogP contribution in [-0.4, -0.2) is 45.0 Å². The van der Waals surface area contributed by atoms with Gasteiger partial charge in [0.25, 0.3) is 11.7 Å². The number of carbonyl (C=O) groups excluding carboxylic acids is 2. The second kappa shape index (κ2) is 9.31. The lowest BCUT2D eigenvalue weighted by atomic mass is 9.94.